The van der Waals surface area contributed by atoms with E-state index in [2.05, 4.69) is 10.6 Å². The first-order valence-electron chi connectivity index (χ1n) is 9.78. The van der Waals surface area contributed by atoms with Crippen LogP contribution in [0.3, 0.4) is 0 Å². The topological polar surface area (TPSA) is 83.4 Å². The highest BCUT2D eigenvalue weighted by Gasteiger charge is 2.10. The summed E-state index contributed by atoms with van der Waals surface area (Å²) in [5.74, 6) is 0.932. The largest absolute Gasteiger partial charge is 0.490 e. The lowest BCUT2D eigenvalue weighted by molar-refractivity contribution is -0.112. The van der Waals surface area contributed by atoms with E-state index in [-0.39, 0.29) is 5.57 Å². The number of nitrogens with zero attached hydrogens (tertiary/aromatic N) is 1. The van der Waals surface area contributed by atoms with Gasteiger partial charge in [0.15, 0.2) is 11.5 Å². The first kappa shape index (κ1) is 23.1. The zero-order valence-electron chi connectivity index (χ0n) is 17.4. The molecule has 0 radical (unpaired) electrons. The van der Waals surface area contributed by atoms with E-state index in [0.717, 1.165) is 16.9 Å². The number of nitrogens with one attached hydrogen (secondary N) is 2. The molecule has 0 saturated heterocycles. The van der Waals surface area contributed by atoms with Crippen molar-refractivity contribution < 1.29 is 14.3 Å². The van der Waals surface area contributed by atoms with E-state index in [4.69, 9.17) is 21.1 Å². The molecule has 2 aromatic carbocycles. The smallest absolute Gasteiger partial charge is 0.267 e. The van der Waals surface area contributed by atoms with Crippen LogP contribution >= 0.6 is 11.6 Å². The van der Waals surface area contributed by atoms with Crippen LogP contribution < -0.4 is 20.1 Å². The fourth-order valence-electron chi connectivity index (χ4n) is 2.66. The van der Waals surface area contributed by atoms with Gasteiger partial charge in [-0.15, -0.1) is 0 Å². The van der Waals surface area contributed by atoms with Gasteiger partial charge < -0.3 is 20.1 Å². The molecule has 0 spiro atoms. The van der Waals surface area contributed by atoms with Crippen LogP contribution in [0.2, 0.25) is 5.02 Å². The molecule has 0 bridgehead atoms. The molecular formula is C23H26ClN3O3. The molecule has 0 atom stereocenters. The predicted octanol–water partition coefficient (Wildman–Crippen LogP) is 4.62. The van der Waals surface area contributed by atoms with E-state index in [9.17, 15) is 10.1 Å². The number of anilines is 1. The van der Waals surface area contributed by atoms with Crippen LogP contribution in [-0.2, 0) is 11.2 Å². The molecule has 158 valence electrons. The highest BCUT2D eigenvalue weighted by atomic mass is 35.5. The molecule has 7 heteroatoms. The Kier molecular flexibility index (Phi) is 9.04. The van der Waals surface area contributed by atoms with Crippen molar-refractivity contribution in [2.24, 2.45) is 0 Å². The van der Waals surface area contributed by atoms with Gasteiger partial charge in [0.25, 0.3) is 5.91 Å². The van der Waals surface area contributed by atoms with Gasteiger partial charge in [-0.25, -0.2) is 0 Å². The SMILES string of the molecule is CCOc1ccc(CCN/C=C(/C#N)C(=O)Nc2ccc(C)c(Cl)c2)cc1OCC. The van der Waals surface area contributed by atoms with Gasteiger partial charge in [0.2, 0.25) is 0 Å². The second-order valence-electron chi connectivity index (χ2n) is 6.44. The molecule has 0 aliphatic rings. The maximum Gasteiger partial charge on any atom is 0.267 e. The number of carbonyl (C=O) groups is 1. The van der Waals surface area contributed by atoms with Crippen LogP contribution in [-0.4, -0.2) is 25.7 Å². The number of nitriles is 1. The standard InChI is InChI=1S/C23H26ClN3O3/c1-4-29-21-9-7-17(12-22(21)30-5-2)10-11-26-15-18(14-25)23(28)27-19-8-6-16(3)20(24)13-19/h6-9,12-13,15,26H,4-5,10-11H2,1-3H3,(H,27,28)/b18-15-. The van der Waals surface area contributed by atoms with E-state index in [1.807, 2.05) is 45.0 Å². The summed E-state index contributed by atoms with van der Waals surface area (Å²) in [7, 11) is 0. The summed E-state index contributed by atoms with van der Waals surface area (Å²) in [6.07, 6.45) is 2.11. The highest BCUT2D eigenvalue weighted by molar-refractivity contribution is 6.31. The van der Waals surface area contributed by atoms with E-state index in [1.54, 1.807) is 18.2 Å². The number of amides is 1. The Labute approximate surface area is 182 Å². The van der Waals surface area contributed by atoms with E-state index >= 15 is 0 Å². The fourth-order valence-corrected chi connectivity index (χ4v) is 2.84. The van der Waals surface area contributed by atoms with Gasteiger partial charge in [-0.05, 0) is 62.6 Å². The van der Waals surface area contributed by atoms with Crippen LogP contribution in [0.1, 0.15) is 25.0 Å². The van der Waals surface area contributed by atoms with E-state index in [0.29, 0.717) is 42.6 Å². The molecule has 6 nitrogen and oxygen atoms in total. The van der Waals surface area contributed by atoms with Crippen molar-refractivity contribution in [2.75, 3.05) is 25.1 Å². The second kappa shape index (κ2) is 11.7. The summed E-state index contributed by atoms with van der Waals surface area (Å²) in [5, 5.41) is 15.5. The average Bonchev–Trinajstić information content (AvgIpc) is 2.73. The summed E-state index contributed by atoms with van der Waals surface area (Å²) >= 11 is 6.07. The van der Waals surface area contributed by atoms with Gasteiger partial charge in [0.1, 0.15) is 11.6 Å². The highest BCUT2D eigenvalue weighted by Crippen LogP contribution is 2.28. The molecule has 30 heavy (non-hydrogen) atoms. The molecule has 0 aromatic heterocycles. The number of halogens is 1. The van der Waals surface area contributed by atoms with Crippen molar-refractivity contribution in [3.8, 4) is 17.6 Å². The molecule has 2 aromatic rings. The molecule has 2 rings (SSSR count). The monoisotopic (exact) mass is 427 g/mol. The average molecular weight is 428 g/mol. The zero-order valence-corrected chi connectivity index (χ0v) is 18.2. The fraction of sp³-hybridized carbons (Fsp3) is 0.304. The van der Waals surface area contributed by atoms with Crippen molar-refractivity contribution in [1.82, 2.24) is 5.32 Å². The summed E-state index contributed by atoms with van der Waals surface area (Å²) in [4.78, 5) is 12.3. The summed E-state index contributed by atoms with van der Waals surface area (Å²) in [6, 6.07) is 12.9. The summed E-state index contributed by atoms with van der Waals surface area (Å²) in [5.41, 5.74) is 2.48. The number of carbonyl (C=O) groups excluding carboxylic acids is 1. The quantitative estimate of drug-likeness (QED) is 0.328. The molecule has 0 aliphatic carbocycles. The minimum atomic E-state index is -0.496. The number of rotatable bonds is 10. The Morgan fingerprint density at radius 2 is 1.87 bits per heavy atom. The lowest BCUT2D eigenvalue weighted by Crippen LogP contribution is -2.18. The molecule has 0 fully saturated rings. The van der Waals surface area contributed by atoms with Gasteiger partial charge >= 0.3 is 0 Å². The lowest BCUT2D eigenvalue weighted by Gasteiger charge is -2.12. The van der Waals surface area contributed by atoms with Crippen LogP contribution in [0, 0.1) is 18.3 Å². The molecular weight excluding hydrogens is 402 g/mol. The minimum Gasteiger partial charge on any atom is -0.490 e. The summed E-state index contributed by atoms with van der Waals surface area (Å²) < 4.78 is 11.2. The predicted molar refractivity (Wildman–Crippen MR) is 119 cm³/mol. The third kappa shape index (κ3) is 6.71. The van der Waals surface area contributed by atoms with Crippen LogP contribution in [0.25, 0.3) is 0 Å². The Morgan fingerprint density at radius 3 is 2.53 bits per heavy atom. The van der Waals surface area contributed by atoms with E-state index in [1.165, 1.54) is 6.20 Å². The zero-order chi connectivity index (χ0) is 21.9. The lowest BCUT2D eigenvalue weighted by atomic mass is 10.1. The van der Waals surface area contributed by atoms with E-state index < -0.39 is 5.91 Å². The molecule has 1 amide bonds. The minimum absolute atomic E-state index is 0.0200. The Hall–Kier alpha value is -3.17. The van der Waals surface area contributed by atoms with Gasteiger partial charge in [-0.3, -0.25) is 4.79 Å². The normalized spacial score (nSPS) is 10.8. The Balaban J connectivity index is 1.94. The van der Waals surface area contributed by atoms with Gasteiger partial charge in [0.05, 0.1) is 13.2 Å². The van der Waals surface area contributed by atoms with Crippen molar-refractivity contribution in [2.45, 2.75) is 27.2 Å². The van der Waals surface area contributed by atoms with Gasteiger partial charge in [0, 0.05) is 23.5 Å². The number of hydrogen-bond acceptors (Lipinski definition) is 5. The number of hydrogen-bond donors (Lipinski definition) is 2. The Bertz CT molecular complexity index is 951. The first-order chi connectivity index (χ1) is 14.5. The molecule has 0 aliphatic heterocycles. The van der Waals surface area contributed by atoms with Crippen molar-refractivity contribution in [3.05, 3.63) is 64.3 Å². The van der Waals surface area contributed by atoms with Gasteiger partial charge in [-0.1, -0.05) is 23.7 Å². The van der Waals surface area contributed by atoms with Crippen molar-refractivity contribution in [3.63, 3.8) is 0 Å². The summed E-state index contributed by atoms with van der Waals surface area (Å²) in [6.45, 7) is 7.40. The third-order valence-corrected chi connectivity index (χ3v) is 4.61. The third-order valence-electron chi connectivity index (χ3n) is 4.21. The van der Waals surface area contributed by atoms with Crippen LogP contribution in [0.5, 0.6) is 11.5 Å². The maximum atomic E-state index is 12.3. The van der Waals surface area contributed by atoms with Gasteiger partial charge in [-0.2, -0.15) is 5.26 Å². The molecule has 2 N–H and O–H groups in total. The Morgan fingerprint density at radius 1 is 1.13 bits per heavy atom. The number of ether oxygens (including phenoxy) is 2. The van der Waals surface area contributed by atoms with Crippen LogP contribution in [0.15, 0.2) is 48.2 Å². The molecule has 0 heterocycles. The number of aryl methyl sites for hydroxylation is 1. The second-order valence-corrected chi connectivity index (χ2v) is 6.85. The van der Waals surface area contributed by atoms with Crippen molar-refractivity contribution >= 4 is 23.2 Å². The maximum absolute atomic E-state index is 12.3. The molecule has 0 unspecified atom stereocenters. The van der Waals surface area contributed by atoms with Crippen molar-refractivity contribution in [1.29, 1.82) is 5.26 Å². The molecule has 0 saturated carbocycles. The first-order valence-corrected chi connectivity index (χ1v) is 10.2. The van der Waals surface area contributed by atoms with Crippen LogP contribution in [0.4, 0.5) is 5.69 Å². The number of benzene rings is 2.